The van der Waals surface area contributed by atoms with Crippen molar-refractivity contribution < 1.29 is 24.2 Å². The van der Waals surface area contributed by atoms with Crippen LogP contribution in [0.2, 0.25) is 0 Å². The van der Waals surface area contributed by atoms with Gasteiger partial charge in [-0.3, -0.25) is 4.79 Å². The van der Waals surface area contributed by atoms with E-state index >= 15 is 0 Å². The maximum Gasteiger partial charge on any atom is 0.408 e. The Bertz CT molecular complexity index is 700. The third-order valence-corrected chi connectivity index (χ3v) is 3.31. The summed E-state index contributed by atoms with van der Waals surface area (Å²) in [5, 5.41) is 11.2. The number of benzene rings is 2. The highest BCUT2D eigenvalue weighted by molar-refractivity contribution is 6.35. The van der Waals surface area contributed by atoms with Crippen LogP contribution >= 0.6 is 0 Å². The summed E-state index contributed by atoms with van der Waals surface area (Å²) in [6.07, 6.45) is -0.763. The van der Waals surface area contributed by atoms with E-state index in [2.05, 4.69) is 5.32 Å². The molecule has 2 aromatic carbocycles. The summed E-state index contributed by atoms with van der Waals surface area (Å²) < 4.78 is 5.03. The van der Waals surface area contributed by atoms with Gasteiger partial charge in [-0.1, -0.05) is 60.7 Å². The Hall–Kier alpha value is -3.15. The number of carbonyl (C=O) groups excluding carboxylic acids is 2. The molecule has 0 aromatic heterocycles. The second-order valence-electron chi connectivity index (χ2n) is 5.12. The van der Waals surface area contributed by atoms with Gasteiger partial charge in [0.25, 0.3) is 5.78 Å². The van der Waals surface area contributed by atoms with E-state index in [0.29, 0.717) is 0 Å². The molecule has 0 aliphatic heterocycles. The topological polar surface area (TPSA) is 92.7 Å². The predicted octanol–water partition coefficient (Wildman–Crippen LogP) is 2.18. The van der Waals surface area contributed by atoms with Crippen LogP contribution in [0.5, 0.6) is 0 Å². The SMILES string of the molecule is O=C(N[C@@H](Cc1ccccc1)C(=O)C(=O)O)OCc1ccccc1. The summed E-state index contributed by atoms with van der Waals surface area (Å²) in [5.41, 5.74) is 1.53. The van der Waals surface area contributed by atoms with Gasteiger partial charge in [0, 0.05) is 6.42 Å². The second-order valence-corrected chi connectivity index (χ2v) is 5.12. The molecule has 124 valence electrons. The molecule has 0 saturated heterocycles. The number of amides is 1. The number of alkyl carbamates (subject to hydrolysis) is 1. The predicted molar refractivity (Wildman–Crippen MR) is 86.3 cm³/mol. The lowest BCUT2D eigenvalue weighted by molar-refractivity contribution is -0.150. The lowest BCUT2D eigenvalue weighted by Gasteiger charge is -2.16. The number of carboxylic acid groups (broad SMARTS) is 1. The standard InChI is InChI=1S/C18H17NO5/c20-16(17(21)22)15(11-13-7-3-1-4-8-13)19-18(23)24-12-14-9-5-2-6-10-14/h1-10,15H,11-12H2,(H,19,23)(H,21,22)/t15-/m0/s1. The van der Waals surface area contributed by atoms with Crippen LogP contribution in [-0.4, -0.2) is 29.0 Å². The fourth-order valence-electron chi connectivity index (χ4n) is 2.12. The number of hydrogen-bond acceptors (Lipinski definition) is 4. The van der Waals surface area contributed by atoms with Crippen LogP contribution < -0.4 is 5.32 Å². The largest absolute Gasteiger partial charge is 0.475 e. The molecule has 2 N–H and O–H groups in total. The Labute approximate surface area is 139 Å². The van der Waals surface area contributed by atoms with Gasteiger partial charge in [0.2, 0.25) is 0 Å². The molecule has 0 radical (unpaired) electrons. The molecule has 2 rings (SSSR count). The third-order valence-electron chi connectivity index (χ3n) is 3.31. The van der Waals surface area contributed by atoms with Crippen molar-refractivity contribution in [3.05, 3.63) is 71.8 Å². The molecule has 2 aromatic rings. The smallest absolute Gasteiger partial charge is 0.408 e. The van der Waals surface area contributed by atoms with Crippen molar-refractivity contribution in [1.29, 1.82) is 0 Å². The number of ether oxygens (including phenoxy) is 1. The Kier molecular flexibility index (Phi) is 6.08. The summed E-state index contributed by atoms with van der Waals surface area (Å²) in [4.78, 5) is 34.6. The van der Waals surface area contributed by atoms with Crippen molar-refractivity contribution in [3.8, 4) is 0 Å². The normalized spacial score (nSPS) is 11.3. The number of carboxylic acids is 1. The molecular weight excluding hydrogens is 310 g/mol. The quantitative estimate of drug-likeness (QED) is 0.760. The molecule has 1 atom stereocenters. The monoisotopic (exact) mass is 327 g/mol. The van der Waals surface area contributed by atoms with Crippen molar-refractivity contribution in [2.45, 2.75) is 19.1 Å². The first-order valence-electron chi connectivity index (χ1n) is 7.34. The first kappa shape index (κ1) is 17.2. The Morgan fingerprint density at radius 1 is 0.917 bits per heavy atom. The van der Waals surface area contributed by atoms with Crippen LogP contribution in [0.15, 0.2) is 60.7 Å². The van der Waals surface area contributed by atoms with Crippen LogP contribution in [0.1, 0.15) is 11.1 Å². The van der Waals surface area contributed by atoms with Crippen LogP contribution in [0, 0.1) is 0 Å². The number of carbonyl (C=O) groups is 3. The summed E-state index contributed by atoms with van der Waals surface area (Å²) in [6.45, 7) is 0.0337. The third kappa shape index (κ3) is 5.24. The summed E-state index contributed by atoms with van der Waals surface area (Å²) in [5.74, 6) is -2.69. The number of aliphatic carboxylic acids is 1. The van der Waals surface area contributed by atoms with Crippen molar-refractivity contribution in [2.24, 2.45) is 0 Å². The van der Waals surface area contributed by atoms with E-state index in [-0.39, 0.29) is 13.0 Å². The molecule has 1 amide bonds. The molecule has 0 heterocycles. The zero-order valence-electron chi connectivity index (χ0n) is 12.8. The molecule has 6 nitrogen and oxygen atoms in total. The van der Waals surface area contributed by atoms with Crippen molar-refractivity contribution in [3.63, 3.8) is 0 Å². The van der Waals surface area contributed by atoms with Gasteiger partial charge in [-0.2, -0.15) is 0 Å². The first-order chi connectivity index (χ1) is 11.6. The van der Waals surface area contributed by atoms with E-state index in [1.54, 1.807) is 42.5 Å². The zero-order valence-corrected chi connectivity index (χ0v) is 12.8. The molecule has 0 saturated carbocycles. The van der Waals surface area contributed by atoms with Gasteiger partial charge in [-0.25, -0.2) is 9.59 Å². The van der Waals surface area contributed by atoms with Crippen molar-refractivity contribution in [2.75, 3.05) is 0 Å². The van der Waals surface area contributed by atoms with Crippen LogP contribution in [0.25, 0.3) is 0 Å². The molecule has 0 aliphatic rings. The average Bonchev–Trinajstić information content (AvgIpc) is 2.60. The summed E-state index contributed by atoms with van der Waals surface area (Å²) >= 11 is 0. The number of nitrogens with one attached hydrogen (secondary N) is 1. The Morgan fingerprint density at radius 2 is 1.46 bits per heavy atom. The first-order valence-corrected chi connectivity index (χ1v) is 7.34. The van der Waals surface area contributed by atoms with Crippen molar-refractivity contribution >= 4 is 17.8 Å². The summed E-state index contributed by atoms with van der Waals surface area (Å²) in [6, 6.07) is 16.7. The Morgan fingerprint density at radius 3 is 2.00 bits per heavy atom. The molecule has 0 spiro atoms. The molecule has 0 aliphatic carbocycles. The minimum atomic E-state index is -1.60. The van der Waals surface area contributed by atoms with E-state index in [9.17, 15) is 14.4 Å². The summed E-state index contributed by atoms with van der Waals surface area (Å²) in [7, 11) is 0. The van der Waals surface area contributed by atoms with Gasteiger partial charge in [0.05, 0.1) is 0 Å². The van der Waals surface area contributed by atoms with Gasteiger partial charge >= 0.3 is 12.1 Å². The van der Waals surface area contributed by atoms with E-state index in [0.717, 1.165) is 11.1 Å². The van der Waals surface area contributed by atoms with Crippen LogP contribution in [-0.2, 0) is 27.4 Å². The van der Waals surface area contributed by atoms with E-state index in [1.807, 2.05) is 18.2 Å². The average molecular weight is 327 g/mol. The van der Waals surface area contributed by atoms with Gasteiger partial charge in [0.1, 0.15) is 12.6 Å². The van der Waals surface area contributed by atoms with Crippen LogP contribution in [0.4, 0.5) is 4.79 Å². The minimum Gasteiger partial charge on any atom is -0.475 e. The number of hydrogen-bond donors (Lipinski definition) is 2. The highest BCUT2D eigenvalue weighted by Gasteiger charge is 2.27. The van der Waals surface area contributed by atoms with Gasteiger partial charge in [-0.15, -0.1) is 0 Å². The van der Waals surface area contributed by atoms with Gasteiger partial charge < -0.3 is 15.2 Å². The second kappa shape index (κ2) is 8.47. The van der Waals surface area contributed by atoms with E-state index in [4.69, 9.17) is 9.84 Å². The maximum atomic E-state index is 11.9. The minimum absolute atomic E-state index is 0.0337. The lowest BCUT2D eigenvalue weighted by Crippen LogP contribution is -2.45. The van der Waals surface area contributed by atoms with E-state index < -0.39 is 23.9 Å². The van der Waals surface area contributed by atoms with Gasteiger partial charge in [0.15, 0.2) is 0 Å². The molecule has 24 heavy (non-hydrogen) atoms. The number of ketones is 1. The lowest BCUT2D eigenvalue weighted by atomic mass is 10.0. The number of Topliss-reactive ketones (excluding diaryl/α,β-unsaturated/α-hetero) is 1. The Balaban J connectivity index is 1.97. The fourth-order valence-corrected chi connectivity index (χ4v) is 2.12. The highest BCUT2D eigenvalue weighted by atomic mass is 16.5. The number of rotatable bonds is 7. The van der Waals surface area contributed by atoms with E-state index in [1.165, 1.54) is 0 Å². The zero-order chi connectivity index (χ0) is 17.4. The fraction of sp³-hybridized carbons (Fsp3) is 0.167. The maximum absolute atomic E-state index is 11.9. The molecule has 0 bridgehead atoms. The molecule has 6 heteroatoms. The highest BCUT2D eigenvalue weighted by Crippen LogP contribution is 2.06. The van der Waals surface area contributed by atoms with Crippen molar-refractivity contribution in [1.82, 2.24) is 5.32 Å². The molecule has 0 unspecified atom stereocenters. The molecule has 0 fully saturated rings. The molecular formula is C18H17NO5. The van der Waals surface area contributed by atoms with Gasteiger partial charge in [-0.05, 0) is 11.1 Å². The van der Waals surface area contributed by atoms with Crippen LogP contribution in [0.3, 0.4) is 0 Å².